The first kappa shape index (κ1) is 5.21. The van der Waals surface area contributed by atoms with Crippen LogP contribution in [0.2, 0.25) is 0 Å². The van der Waals surface area contributed by atoms with Gasteiger partial charge in [-0.15, -0.1) is 4.79 Å². The first-order valence-corrected chi connectivity index (χ1v) is 2.91. The summed E-state index contributed by atoms with van der Waals surface area (Å²) in [5.74, 6) is 1.07. The minimum absolute atomic E-state index is 0.301. The van der Waals surface area contributed by atoms with E-state index in [1.54, 1.807) is 0 Å². The van der Waals surface area contributed by atoms with Crippen molar-refractivity contribution >= 4 is 5.90 Å². The van der Waals surface area contributed by atoms with Crippen LogP contribution in [0.15, 0.2) is 24.3 Å². The average molecular weight is 132 g/mol. The number of hydrogen-bond acceptors (Lipinski definition) is 1. The molecule has 0 spiro atoms. The van der Waals surface area contributed by atoms with E-state index in [-0.39, 0.29) is 0 Å². The van der Waals surface area contributed by atoms with Crippen molar-refractivity contribution in [2.75, 3.05) is 0 Å². The third-order valence-corrected chi connectivity index (χ3v) is 1.41. The van der Waals surface area contributed by atoms with E-state index in [2.05, 4.69) is 4.79 Å². The molecule has 1 heterocycles. The highest BCUT2D eigenvalue weighted by atomic mass is 16.5. The van der Waals surface area contributed by atoms with Crippen molar-refractivity contribution in [2.45, 2.75) is 0 Å². The zero-order valence-corrected chi connectivity index (χ0v) is 5.11. The number of ether oxygens (including phenoxy) is 1. The van der Waals surface area contributed by atoms with E-state index in [9.17, 15) is 0 Å². The van der Waals surface area contributed by atoms with Crippen LogP contribution in [-0.2, 0) is 0 Å². The molecule has 3 nitrogen and oxygen atoms in total. The van der Waals surface area contributed by atoms with Gasteiger partial charge >= 0.3 is 5.90 Å². The van der Waals surface area contributed by atoms with Crippen LogP contribution in [0.5, 0.6) is 5.75 Å². The Morgan fingerprint density at radius 1 is 1.30 bits per heavy atom. The lowest BCUT2D eigenvalue weighted by atomic mass is 10.1. The fourth-order valence-corrected chi connectivity index (χ4v) is 0.919. The predicted molar refractivity (Wildman–Crippen MR) is 34.8 cm³/mol. The van der Waals surface area contributed by atoms with Crippen LogP contribution in [0, 0.1) is 0 Å². The zero-order chi connectivity index (χ0) is 6.97. The minimum atomic E-state index is 0.301. The van der Waals surface area contributed by atoms with Crippen LogP contribution in [0.3, 0.4) is 0 Å². The molecule has 0 N–H and O–H groups in total. The molecule has 0 saturated heterocycles. The molecule has 0 atom stereocenters. The number of benzene rings is 1. The minimum Gasteiger partial charge on any atom is -0.392 e. The molecule has 1 aromatic carbocycles. The van der Waals surface area contributed by atoms with Crippen LogP contribution in [-0.4, -0.2) is 10.7 Å². The summed E-state index contributed by atoms with van der Waals surface area (Å²) in [4.78, 5) is 2.93. The van der Waals surface area contributed by atoms with E-state index >= 15 is 0 Å². The van der Waals surface area contributed by atoms with E-state index in [4.69, 9.17) is 10.3 Å². The van der Waals surface area contributed by atoms with E-state index < -0.39 is 0 Å². The second-order valence-electron chi connectivity index (χ2n) is 2.00. The summed E-state index contributed by atoms with van der Waals surface area (Å²) in [5, 5.41) is 0. The lowest BCUT2D eigenvalue weighted by Gasteiger charge is -2.11. The summed E-state index contributed by atoms with van der Waals surface area (Å²) < 4.78 is 4.93. The van der Waals surface area contributed by atoms with E-state index in [0.717, 1.165) is 11.3 Å². The predicted octanol–water partition coefficient (Wildman–Crippen LogP) is 1.06. The first-order valence-electron chi connectivity index (χ1n) is 2.91. The summed E-state index contributed by atoms with van der Waals surface area (Å²) in [7, 11) is 0. The van der Waals surface area contributed by atoms with Gasteiger partial charge in [-0.05, 0) is 12.1 Å². The Balaban J connectivity index is 2.62. The number of para-hydroxylation sites is 1. The first-order chi connectivity index (χ1) is 4.92. The molecule has 0 fully saturated rings. The Bertz CT molecular complexity index is 326. The Kier molecular flexibility index (Phi) is 0.879. The SMILES string of the molecule is [N-]=[N+]=C1Oc2ccccc21. The molecule has 3 heteroatoms. The van der Waals surface area contributed by atoms with Gasteiger partial charge in [0.2, 0.25) is 0 Å². The summed E-state index contributed by atoms with van der Waals surface area (Å²) in [5.41, 5.74) is 9.16. The van der Waals surface area contributed by atoms with Gasteiger partial charge < -0.3 is 10.3 Å². The smallest absolute Gasteiger partial charge is 0.392 e. The van der Waals surface area contributed by atoms with Crippen molar-refractivity contribution in [2.24, 2.45) is 0 Å². The number of fused-ring (bicyclic) bond motifs is 1. The molecule has 0 aromatic heterocycles. The molecule has 0 aliphatic carbocycles. The van der Waals surface area contributed by atoms with E-state index in [1.807, 2.05) is 24.3 Å². The maximum Gasteiger partial charge on any atom is 0.491 e. The van der Waals surface area contributed by atoms with Crippen molar-refractivity contribution in [1.82, 2.24) is 0 Å². The van der Waals surface area contributed by atoms with Gasteiger partial charge in [0, 0.05) is 0 Å². The Morgan fingerprint density at radius 3 is 2.80 bits per heavy atom. The highest BCUT2D eigenvalue weighted by Gasteiger charge is 2.30. The van der Waals surface area contributed by atoms with Gasteiger partial charge in [-0.3, -0.25) is 0 Å². The van der Waals surface area contributed by atoms with Gasteiger partial charge in [-0.25, -0.2) is 0 Å². The average Bonchev–Trinajstić information content (AvgIpc) is 1.92. The Hall–Kier alpha value is -1.60. The standard InChI is InChI=1S/C7H4N2O/c8-9-7-5-3-1-2-4-6(5)10-7/h1-4H. The molecule has 0 radical (unpaired) electrons. The van der Waals surface area contributed by atoms with Gasteiger partial charge in [0.25, 0.3) is 0 Å². The van der Waals surface area contributed by atoms with Crippen molar-refractivity contribution in [3.8, 4) is 5.75 Å². The highest BCUT2D eigenvalue weighted by molar-refractivity contribution is 6.01. The van der Waals surface area contributed by atoms with Gasteiger partial charge in [0.05, 0.1) is 0 Å². The molecule has 1 aliphatic rings. The molecule has 0 amide bonds. The summed E-state index contributed by atoms with van der Waals surface area (Å²) >= 11 is 0. The van der Waals surface area contributed by atoms with Gasteiger partial charge in [0.1, 0.15) is 5.56 Å². The van der Waals surface area contributed by atoms with Gasteiger partial charge in [-0.1, -0.05) is 12.1 Å². The Morgan fingerprint density at radius 2 is 2.10 bits per heavy atom. The highest BCUT2D eigenvalue weighted by Crippen LogP contribution is 2.26. The van der Waals surface area contributed by atoms with Gasteiger partial charge in [0.15, 0.2) is 5.75 Å². The lowest BCUT2D eigenvalue weighted by molar-refractivity contribution is -0.0303. The molecule has 0 bridgehead atoms. The van der Waals surface area contributed by atoms with E-state index in [1.165, 1.54) is 0 Å². The molecule has 2 rings (SSSR count). The lowest BCUT2D eigenvalue weighted by Crippen LogP contribution is -2.22. The van der Waals surface area contributed by atoms with Crippen LogP contribution < -0.4 is 4.74 Å². The van der Waals surface area contributed by atoms with Crippen LogP contribution in [0.1, 0.15) is 5.56 Å². The fourth-order valence-electron chi connectivity index (χ4n) is 0.919. The summed E-state index contributed by atoms with van der Waals surface area (Å²) in [6.45, 7) is 0. The normalized spacial score (nSPS) is 12.6. The van der Waals surface area contributed by atoms with Crippen molar-refractivity contribution in [3.63, 3.8) is 0 Å². The largest absolute Gasteiger partial charge is 0.491 e. The molecule has 48 valence electrons. The van der Waals surface area contributed by atoms with Crippen LogP contribution >= 0.6 is 0 Å². The topological polar surface area (TPSA) is 45.6 Å². The molecular weight excluding hydrogens is 128 g/mol. The number of rotatable bonds is 0. The summed E-state index contributed by atoms with van der Waals surface area (Å²) in [6.07, 6.45) is 0. The Labute approximate surface area is 57.5 Å². The monoisotopic (exact) mass is 132 g/mol. The molecule has 0 unspecified atom stereocenters. The maximum atomic E-state index is 8.30. The number of hydrogen-bond donors (Lipinski definition) is 0. The van der Waals surface area contributed by atoms with E-state index in [0.29, 0.717) is 5.90 Å². The zero-order valence-electron chi connectivity index (χ0n) is 5.11. The summed E-state index contributed by atoms with van der Waals surface area (Å²) in [6, 6.07) is 7.40. The van der Waals surface area contributed by atoms with Crippen LogP contribution in [0.25, 0.3) is 5.53 Å². The molecule has 1 aromatic rings. The molecule has 0 saturated carbocycles. The van der Waals surface area contributed by atoms with Crippen molar-refractivity contribution in [3.05, 3.63) is 35.4 Å². The molecular formula is C7H4N2O. The molecule has 10 heavy (non-hydrogen) atoms. The second-order valence-corrected chi connectivity index (χ2v) is 2.00. The van der Waals surface area contributed by atoms with Crippen molar-refractivity contribution < 1.29 is 9.53 Å². The molecule has 1 aliphatic heterocycles. The third-order valence-electron chi connectivity index (χ3n) is 1.41. The second kappa shape index (κ2) is 1.69. The third kappa shape index (κ3) is 0.496. The van der Waals surface area contributed by atoms with Gasteiger partial charge in [-0.2, -0.15) is 0 Å². The quantitative estimate of drug-likeness (QED) is 0.384. The van der Waals surface area contributed by atoms with Crippen LogP contribution in [0.4, 0.5) is 0 Å². The maximum absolute atomic E-state index is 8.30. The van der Waals surface area contributed by atoms with Crippen molar-refractivity contribution in [1.29, 1.82) is 0 Å². The number of nitrogens with zero attached hydrogens (tertiary/aromatic N) is 2. The fraction of sp³-hybridized carbons (Fsp3) is 0.